The molecule has 0 aliphatic carbocycles. The number of nitrogens with zero attached hydrogens (tertiary/aromatic N) is 1. The van der Waals surface area contributed by atoms with Gasteiger partial charge in [0, 0.05) is 33.4 Å². The van der Waals surface area contributed by atoms with Gasteiger partial charge < -0.3 is 9.72 Å². The quantitative estimate of drug-likeness (QED) is 0.365. The molecule has 5 rings (SSSR count). The molecule has 3 nitrogen and oxygen atoms in total. The van der Waals surface area contributed by atoms with Crippen LogP contribution in [0.25, 0.3) is 21.8 Å². The summed E-state index contributed by atoms with van der Waals surface area (Å²) in [6, 6.07) is 28.5. The maximum Gasteiger partial charge on any atom is 0.130 e. The minimum Gasteiger partial charge on any atom is -0.487 e. The summed E-state index contributed by atoms with van der Waals surface area (Å²) in [6.07, 6.45) is 0.836. The molecule has 0 spiro atoms. The average molecular weight is 399 g/mol. The molecule has 2 heterocycles. The highest BCUT2D eigenvalue weighted by Gasteiger charge is 2.05. The lowest BCUT2D eigenvalue weighted by Crippen LogP contribution is -1.98. The van der Waals surface area contributed by atoms with E-state index in [0.29, 0.717) is 6.61 Å². The molecule has 0 saturated heterocycles. The first-order chi connectivity index (χ1) is 14.2. The number of nitrogens with one attached hydrogen (secondary N) is 1. The molecule has 0 amide bonds. The van der Waals surface area contributed by atoms with E-state index in [9.17, 15) is 0 Å². The molecule has 0 unspecified atom stereocenters. The highest BCUT2D eigenvalue weighted by molar-refractivity contribution is 6.30. The summed E-state index contributed by atoms with van der Waals surface area (Å²) >= 11 is 5.97. The molecule has 4 heteroatoms. The molecule has 0 bridgehead atoms. The maximum absolute atomic E-state index is 6.00. The number of aromatic nitrogens is 2. The van der Waals surface area contributed by atoms with Crippen molar-refractivity contribution in [2.45, 2.75) is 13.0 Å². The molecule has 2 aromatic heterocycles. The Labute approximate surface area is 173 Å². The minimum absolute atomic E-state index is 0.443. The molecule has 3 aromatic carbocycles. The summed E-state index contributed by atoms with van der Waals surface area (Å²) < 4.78 is 6.00. The van der Waals surface area contributed by atoms with Crippen molar-refractivity contribution in [3.8, 4) is 5.75 Å². The van der Waals surface area contributed by atoms with Crippen molar-refractivity contribution in [1.82, 2.24) is 9.97 Å². The van der Waals surface area contributed by atoms with Gasteiger partial charge in [-0.3, -0.25) is 0 Å². The minimum atomic E-state index is 0.443. The van der Waals surface area contributed by atoms with Gasteiger partial charge in [-0.05, 0) is 54.1 Å². The maximum atomic E-state index is 6.00. The largest absolute Gasteiger partial charge is 0.487 e. The van der Waals surface area contributed by atoms with Gasteiger partial charge in [0.15, 0.2) is 0 Å². The number of halogens is 1. The molecule has 0 aliphatic heterocycles. The number of aromatic amines is 1. The second kappa shape index (κ2) is 7.61. The number of benzene rings is 3. The molecular formula is C25H19ClN2O. The van der Waals surface area contributed by atoms with Crippen LogP contribution in [-0.2, 0) is 13.0 Å². The summed E-state index contributed by atoms with van der Waals surface area (Å²) in [6.45, 7) is 0.443. The Morgan fingerprint density at radius 3 is 2.59 bits per heavy atom. The van der Waals surface area contributed by atoms with Gasteiger partial charge in [-0.15, -0.1) is 0 Å². The molecule has 29 heavy (non-hydrogen) atoms. The Morgan fingerprint density at radius 1 is 0.828 bits per heavy atom. The highest BCUT2D eigenvalue weighted by atomic mass is 35.5. The normalized spacial score (nSPS) is 11.2. The lowest BCUT2D eigenvalue weighted by atomic mass is 10.1. The van der Waals surface area contributed by atoms with Crippen LogP contribution < -0.4 is 4.74 Å². The van der Waals surface area contributed by atoms with Gasteiger partial charge in [-0.1, -0.05) is 48.0 Å². The second-order valence-electron chi connectivity index (χ2n) is 7.13. The molecule has 5 aromatic rings. The zero-order chi connectivity index (χ0) is 19.6. The van der Waals surface area contributed by atoms with Crippen LogP contribution in [0.5, 0.6) is 5.75 Å². The monoisotopic (exact) mass is 398 g/mol. The van der Waals surface area contributed by atoms with Gasteiger partial charge in [0.1, 0.15) is 12.4 Å². The van der Waals surface area contributed by atoms with Crippen LogP contribution in [0.15, 0.2) is 84.9 Å². The smallest absolute Gasteiger partial charge is 0.130 e. The third-order valence-corrected chi connectivity index (χ3v) is 5.25. The van der Waals surface area contributed by atoms with Crippen molar-refractivity contribution in [3.63, 3.8) is 0 Å². The van der Waals surface area contributed by atoms with Gasteiger partial charge in [0.2, 0.25) is 0 Å². The fraction of sp³-hybridized carbons (Fsp3) is 0.0800. The number of hydrogen-bond acceptors (Lipinski definition) is 2. The highest BCUT2D eigenvalue weighted by Crippen LogP contribution is 2.24. The van der Waals surface area contributed by atoms with Gasteiger partial charge >= 0.3 is 0 Å². The summed E-state index contributed by atoms with van der Waals surface area (Å²) in [7, 11) is 0. The van der Waals surface area contributed by atoms with E-state index in [1.54, 1.807) is 0 Å². The second-order valence-corrected chi connectivity index (χ2v) is 7.57. The Balaban J connectivity index is 1.31. The summed E-state index contributed by atoms with van der Waals surface area (Å²) in [5, 5.41) is 3.03. The summed E-state index contributed by atoms with van der Waals surface area (Å²) in [4.78, 5) is 8.15. The fourth-order valence-electron chi connectivity index (χ4n) is 3.52. The predicted molar refractivity (Wildman–Crippen MR) is 119 cm³/mol. The predicted octanol–water partition coefficient (Wildman–Crippen LogP) is 6.54. The molecule has 0 fully saturated rings. The first kappa shape index (κ1) is 17.8. The van der Waals surface area contributed by atoms with Crippen molar-refractivity contribution in [2.75, 3.05) is 0 Å². The van der Waals surface area contributed by atoms with Gasteiger partial charge in [0.05, 0.1) is 11.2 Å². The molecule has 1 N–H and O–H groups in total. The van der Waals surface area contributed by atoms with Crippen molar-refractivity contribution >= 4 is 33.4 Å². The van der Waals surface area contributed by atoms with Crippen LogP contribution in [0.1, 0.15) is 17.0 Å². The van der Waals surface area contributed by atoms with Crippen LogP contribution >= 0.6 is 11.6 Å². The zero-order valence-corrected chi connectivity index (χ0v) is 16.5. The molecule has 0 radical (unpaired) electrons. The van der Waals surface area contributed by atoms with Gasteiger partial charge in [-0.25, -0.2) is 4.98 Å². The van der Waals surface area contributed by atoms with E-state index >= 15 is 0 Å². The molecular weight excluding hydrogens is 380 g/mol. The first-order valence-corrected chi connectivity index (χ1v) is 9.94. The molecule has 0 atom stereocenters. The van der Waals surface area contributed by atoms with Crippen molar-refractivity contribution in [3.05, 3.63) is 107 Å². The Morgan fingerprint density at radius 2 is 1.69 bits per heavy atom. The van der Waals surface area contributed by atoms with E-state index in [-0.39, 0.29) is 0 Å². The third-order valence-electron chi connectivity index (χ3n) is 5.00. The fourth-order valence-corrected chi connectivity index (χ4v) is 3.65. The number of fused-ring (bicyclic) bond motifs is 2. The van der Waals surface area contributed by atoms with Gasteiger partial charge in [0.25, 0.3) is 0 Å². The summed E-state index contributed by atoms with van der Waals surface area (Å²) in [5.74, 6) is 0.838. The van der Waals surface area contributed by atoms with Crippen molar-refractivity contribution < 1.29 is 4.74 Å². The SMILES string of the molecule is Clc1ccc(Cc2cc3cc(OCc4ccc5ccccc5n4)ccc3[nH]2)cc1. The van der Waals surface area contributed by atoms with Crippen LogP contribution in [-0.4, -0.2) is 9.97 Å². The standard InChI is InChI=1S/C25H19ClN2O/c26-20-8-5-17(6-9-20)13-22-14-19-15-23(11-12-25(19)28-22)29-16-21-10-7-18-3-1-2-4-24(18)27-21/h1-12,14-15,28H,13,16H2. The number of ether oxygens (including phenoxy) is 1. The Bertz CT molecular complexity index is 1290. The topological polar surface area (TPSA) is 37.9 Å². The van der Waals surface area contributed by atoms with Crippen molar-refractivity contribution in [2.24, 2.45) is 0 Å². The van der Waals surface area contributed by atoms with E-state index in [1.165, 1.54) is 5.56 Å². The Hall–Kier alpha value is -3.30. The van der Waals surface area contributed by atoms with Crippen LogP contribution in [0.4, 0.5) is 0 Å². The number of pyridine rings is 1. The number of para-hydroxylation sites is 1. The number of hydrogen-bond donors (Lipinski definition) is 1. The van der Waals surface area contributed by atoms with E-state index in [4.69, 9.17) is 16.3 Å². The van der Waals surface area contributed by atoms with E-state index < -0.39 is 0 Å². The van der Waals surface area contributed by atoms with Crippen molar-refractivity contribution in [1.29, 1.82) is 0 Å². The lowest BCUT2D eigenvalue weighted by Gasteiger charge is -2.07. The average Bonchev–Trinajstić information content (AvgIpc) is 3.15. The number of H-pyrrole nitrogens is 1. The molecule has 142 valence electrons. The Kier molecular flexibility index (Phi) is 4.66. The lowest BCUT2D eigenvalue weighted by molar-refractivity contribution is 0.302. The third kappa shape index (κ3) is 3.96. The van der Waals surface area contributed by atoms with Crippen LogP contribution in [0.2, 0.25) is 5.02 Å². The van der Waals surface area contributed by atoms with Gasteiger partial charge in [-0.2, -0.15) is 0 Å². The molecule has 0 saturated carbocycles. The van der Waals surface area contributed by atoms with Crippen LogP contribution in [0, 0.1) is 0 Å². The number of rotatable bonds is 5. The molecule has 0 aliphatic rings. The first-order valence-electron chi connectivity index (χ1n) is 9.56. The van der Waals surface area contributed by atoms with Crippen LogP contribution in [0.3, 0.4) is 0 Å². The summed E-state index contributed by atoms with van der Waals surface area (Å²) in [5.41, 5.74) is 5.39. The van der Waals surface area contributed by atoms with E-state index in [1.807, 2.05) is 42.5 Å². The van der Waals surface area contributed by atoms with E-state index in [2.05, 4.69) is 52.4 Å². The van der Waals surface area contributed by atoms with E-state index in [0.717, 1.165) is 50.4 Å². The zero-order valence-electron chi connectivity index (χ0n) is 15.7.